The highest BCUT2D eigenvalue weighted by molar-refractivity contribution is 5.85. The Morgan fingerprint density at radius 1 is 1.24 bits per heavy atom. The number of halogens is 2. The molecule has 2 nitrogen and oxygen atoms in total. The predicted molar refractivity (Wildman–Crippen MR) is 75.9 cm³/mol. The number of hydrogen-bond donors (Lipinski definition) is 1. The minimum Gasteiger partial charge on any atom is -0.324 e. The molecule has 2 fully saturated rings. The van der Waals surface area contributed by atoms with Crippen LogP contribution in [0.1, 0.15) is 18.4 Å². The van der Waals surface area contributed by atoms with Crippen LogP contribution in [0.15, 0.2) is 30.3 Å². The van der Waals surface area contributed by atoms with Gasteiger partial charge in [0.15, 0.2) is 0 Å². The van der Waals surface area contributed by atoms with Crippen molar-refractivity contribution >= 4 is 24.8 Å². The number of benzene rings is 1. The Morgan fingerprint density at radius 3 is 2.59 bits per heavy atom. The fourth-order valence-corrected chi connectivity index (χ4v) is 2.79. The highest BCUT2D eigenvalue weighted by Gasteiger charge is 2.53. The zero-order valence-corrected chi connectivity index (χ0v) is 11.5. The lowest BCUT2D eigenvalue weighted by Crippen LogP contribution is -2.44. The minimum atomic E-state index is 0. The maximum Gasteiger partial charge on any atom is 0.0316 e. The summed E-state index contributed by atoms with van der Waals surface area (Å²) in [6, 6.07) is 10.7. The summed E-state index contributed by atoms with van der Waals surface area (Å²) in [4.78, 5) is 2.50. The third-order valence-corrected chi connectivity index (χ3v) is 3.84. The van der Waals surface area contributed by atoms with Gasteiger partial charge >= 0.3 is 0 Å². The molecule has 0 radical (unpaired) electrons. The quantitative estimate of drug-likeness (QED) is 0.898. The van der Waals surface area contributed by atoms with Crippen molar-refractivity contribution in [3.05, 3.63) is 35.9 Å². The molecule has 1 aliphatic carbocycles. The SMILES string of the molecule is Cl.Cl.NC12CC1CCN(Cc1ccccc1)C2. The van der Waals surface area contributed by atoms with Crippen molar-refractivity contribution in [2.75, 3.05) is 13.1 Å². The Kier molecular flexibility index (Phi) is 4.85. The molecule has 0 aromatic heterocycles. The molecule has 2 N–H and O–H groups in total. The summed E-state index contributed by atoms with van der Waals surface area (Å²) in [6.45, 7) is 3.37. The van der Waals surface area contributed by atoms with Gasteiger partial charge in [0.25, 0.3) is 0 Å². The highest BCUT2D eigenvalue weighted by Crippen LogP contribution is 2.47. The normalized spacial score (nSPS) is 30.8. The van der Waals surface area contributed by atoms with Crippen LogP contribution in [-0.2, 0) is 6.54 Å². The first kappa shape index (κ1) is 14.8. The van der Waals surface area contributed by atoms with E-state index in [1.165, 1.54) is 24.9 Å². The standard InChI is InChI=1S/C13H18N2.2ClH/c14-13-8-12(13)6-7-15(10-13)9-11-4-2-1-3-5-11;;/h1-5,12H,6-10,14H2;2*1H. The molecule has 1 saturated carbocycles. The summed E-state index contributed by atoms with van der Waals surface area (Å²) in [5.74, 6) is 0.824. The minimum absolute atomic E-state index is 0. The van der Waals surface area contributed by atoms with Gasteiger partial charge < -0.3 is 5.73 Å². The zero-order chi connectivity index (χ0) is 10.3. The van der Waals surface area contributed by atoms with E-state index in [0.29, 0.717) is 0 Å². The number of piperidine rings is 1. The smallest absolute Gasteiger partial charge is 0.0316 e. The molecule has 2 atom stereocenters. The summed E-state index contributed by atoms with van der Waals surface area (Å²) in [5, 5.41) is 0. The van der Waals surface area contributed by atoms with Gasteiger partial charge in [-0.3, -0.25) is 4.90 Å². The maximum absolute atomic E-state index is 6.25. The topological polar surface area (TPSA) is 29.3 Å². The number of nitrogens with zero attached hydrogens (tertiary/aromatic N) is 1. The van der Waals surface area contributed by atoms with Gasteiger partial charge in [0.05, 0.1) is 0 Å². The first-order chi connectivity index (χ1) is 7.26. The second-order valence-electron chi connectivity index (χ2n) is 5.12. The van der Waals surface area contributed by atoms with E-state index >= 15 is 0 Å². The second-order valence-corrected chi connectivity index (χ2v) is 5.12. The molecule has 1 aromatic rings. The molecule has 17 heavy (non-hydrogen) atoms. The molecular weight excluding hydrogens is 255 g/mol. The fourth-order valence-electron chi connectivity index (χ4n) is 2.79. The lowest BCUT2D eigenvalue weighted by Gasteiger charge is -2.30. The van der Waals surface area contributed by atoms with Gasteiger partial charge in [-0.2, -0.15) is 0 Å². The summed E-state index contributed by atoms with van der Waals surface area (Å²) in [5.41, 5.74) is 7.83. The van der Waals surface area contributed by atoms with Crippen LogP contribution in [0.2, 0.25) is 0 Å². The van der Waals surface area contributed by atoms with Crippen molar-refractivity contribution < 1.29 is 0 Å². The van der Waals surface area contributed by atoms with Crippen LogP contribution in [0.3, 0.4) is 0 Å². The molecule has 3 rings (SSSR count). The number of likely N-dealkylation sites (tertiary alicyclic amines) is 1. The molecule has 2 aliphatic rings. The highest BCUT2D eigenvalue weighted by atomic mass is 35.5. The average molecular weight is 275 g/mol. The molecule has 1 aromatic carbocycles. The lowest BCUT2D eigenvalue weighted by molar-refractivity contribution is 0.196. The van der Waals surface area contributed by atoms with E-state index in [-0.39, 0.29) is 30.4 Å². The van der Waals surface area contributed by atoms with Gasteiger partial charge in [-0.15, -0.1) is 24.8 Å². The summed E-state index contributed by atoms with van der Waals surface area (Å²) < 4.78 is 0. The second kappa shape index (κ2) is 5.57. The van der Waals surface area contributed by atoms with Crippen molar-refractivity contribution in [1.82, 2.24) is 4.90 Å². The Labute approximate surface area is 115 Å². The molecule has 1 heterocycles. The molecule has 0 bridgehead atoms. The van der Waals surface area contributed by atoms with E-state index in [1.54, 1.807) is 0 Å². The van der Waals surface area contributed by atoms with Gasteiger partial charge in [-0.25, -0.2) is 0 Å². The summed E-state index contributed by atoms with van der Waals surface area (Å²) in [6.07, 6.45) is 2.54. The van der Waals surface area contributed by atoms with Crippen molar-refractivity contribution in [1.29, 1.82) is 0 Å². The molecule has 1 saturated heterocycles. The molecule has 1 aliphatic heterocycles. The molecule has 0 spiro atoms. The zero-order valence-electron chi connectivity index (χ0n) is 9.84. The molecule has 0 amide bonds. The van der Waals surface area contributed by atoms with Crippen LogP contribution in [0.4, 0.5) is 0 Å². The predicted octanol–water partition coefficient (Wildman–Crippen LogP) is 2.45. The molecular formula is C13H20Cl2N2. The first-order valence-electron chi connectivity index (χ1n) is 5.81. The third kappa shape index (κ3) is 3.14. The Balaban J connectivity index is 0.000000722. The van der Waals surface area contributed by atoms with Crippen molar-refractivity contribution in [3.63, 3.8) is 0 Å². The maximum atomic E-state index is 6.25. The Morgan fingerprint density at radius 2 is 1.94 bits per heavy atom. The number of hydrogen-bond acceptors (Lipinski definition) is 2. The lowest BCUT2D eigenvalue weighted by atomic mass is 10.1. The summed E-state index contributed by atoms with van der Waals surface area (Å²) >= 11 is 0. The van der Waals surface area contributed by atoms with E-state index in [4.69, 9.17) is 5.73 Å². The van der Waals surface area contributed by atoms with Gasteiger partial charge in [0, 0.05) is 18.6 Å². The van der Waals surface area contributed by atoms with E-state index in [9.17, 15) is 0 Å². The summed E-state index contributed by atoms with van der Waals surface area (Å²) in [7, 11) is 0. The average Bonchev–Trinajstić information content (AvgIpc) is 2.90. The first-order valence-corrected chi connectivity index (χ1v) is 5.81. The molecule has 96 valence electrons. The van der Waals surface area contributed by atoms with Gasteiger partial charge in [-0.1, -0.05) is 30.3 Å². The van der Waals surface area contributed by atoms with E-state index in [1.807, 2.05) is 0 Å². The van der Waals surface area contributed by atoms with E-state index < -0.39 is 0 Å². The van der Waals surface area contributed by atoms with E-state index in [2.05, 4.69) is 35.2 Å². The van der Waals surface area contributed by atoms with Crippen LogP contribution in [0.5, 0.6) is 0 Å². The van der Waals surface area contributed by atoms with Gasteiger partial charge in [0.2, 0.25) is 0 Å². The third-order valence-electron chi connectivity index (χ3n) is 3.84. The Bertz CT molecular complexity index is 358. The van der Waals surface area contributed by atoms with Crippen LogP contribution in [0.25, 0.3) is 0 Å². The molecule has 2 unspecified atom stereocenters. The monoisotopic (exact) mass is 274 g/mol. The van der Waals surface area contributed by atoms with Crippen molar-refractivity contribution in [2.45, 2.75) is 24.9 Å². The number of rotatable bonds is 2. The van der Waals surface area contributed by atoms with Crippen molar-refractivity contribution in [2.24, 2.45) is 11.7 Å². The van der Waals surface area contributed by atoms with Crippen molar-refractivity contribution in [3.8, 4) is 0 Å². The van der Waals surface area contributed by atoms with Gasteiger partial charge in [-0.05, 0) is 30.9 Å². The van der Waals surface area contributed by atoms with Crippen LogP contribution in [0, 0.1) is 5.92 Å². The Hall–Kier alpha value is -0.280. The van der Waals surface area contributed by atoms with Crippen LogP contribution in [-0.4, -0.2) is 23.5 Å². The van der Waals surface area contributed by atoms with Gasteiger partial charge in [0.1, 0.15) is 0 Å². The van der Waals surface area contributed by atoms with Crippen LogP contribution < -0.4 is 5.73 Å². The number of fused-ring (bicyclic) bond motifs is 1. The van der Waals surface area contributed by atoms with E-state index in [0.717, 1.165) is 19.0 Å². The number of nitrogens with two attached hydrogens (primary N) is 1. The molecule has 4 heteroatoms. The van der Waals surface area contributed by atoms with Crippen LogP contribution >= 0.6 is 24.8 Å². The largest absolute Gasteiger partial charge is 0.324 e. The fraction of sp³-hybridized carbons (Fsp3) is 0.538.